The second-order valence-electron chi connectivity index (χ2n) is 8.70. The summed E-state index contributed by atoms with van der Waals surface area (Å²) in [5.74, 6) is 1.43. The van der Waals surface area contributed by atoms with Crippen molar-refractivity contribution in [2.45, 2.75) is 55.8 Å². The van der Waals surface area contributed by atoms with E-state index >= 15 is 0 Å². The van der Waals surface area contributed by atoms with Crippen LogP contribution >= 0.6 is 11.8 Å². The Hall–Kier alpha value is -3.13. The highest BCUT2D eigenvalue weighted by Crippen LogP contribution is 2.46. The summed E-state index contributed by atoms with van der Waals surface area (Å²) in [5.41, 5.74) is 1.97. The molecule has 3 aromatic rings. The van der Waals surface area contributed by atoms with Crippen LogP contribution in [0, 0.1) is 0 Å². The number of aromatic nitrogens is 3. The van der Waals surface area contributed by atoms with Crippen LogP contribution in [-0.4, -0.2) is 32.3 Å². The average Bonchev–Trinajstić information content (AvgIpc) is 3.77. The third kappa shape index (κ3) is 5.11. The van der Waals surface area contributed by atoms with Gasteiger partial charge in [-0.1, -0.05) is 54.2 Å². The summed E-state index contributed by atoms with van der Waals surface area (Å²) in [6.07, 6.45) is 4.66. The fourth-order valence-corrected chi connectivity index (χ4v) is 4.70. The van der Waals surface area contributed by atoms with Crippen molar-refractivity contribution in [2.24, 2.45) is 0 Å². The molecule has 0 aliphatic heterocycles. The Balaban J connectivity index is 1.22. The molecule has 2 amide bonds. The van der Waals surface area contributed by atoms with Gasteiger partial charge in [0, 0.05) is 12.0 Å². The zero-order valence-corrected chi connectivity index (χ0v) is 19.3. The summed E-state index contributed by atoms with van der Waals surface area (Å²) in [4.78, 5) is 25.7. The summed E-state index contributed by atoms with van der Waals surface area (Å²) in [7, 11) is 0. The van der Waals surface area contributed by atoms with Gasteiger partial charge < -0.3 is 15.2 Å². The summed E-state index contributed by atoms with van der Waals surface area (Å²) >= 11 is 1.41. The van der Waals surface area contributed by atoms with Crippen LogP contribution in [0.3, 0.4) is 0 Å². The Morgan fingerprint density at radius 1 is 1.03 bits per heavy atom. The monoisotopic (exact) mass is 461 g/mol. The highest BCUT2D eigenvalue weighted by atomic mass is 32.2. The summed E-state index contributed by atoms with van der Waals surface area (Å²) in [6, 6.07) is 17.2. The predicted octanol–water partition coefficient (Wildman–Crippen LogP) is 4.71. The molecule has 0 bridgehead atoms. The van der Waals surface area contributed by atoms with Gasteiger partial charge >= 0.3 is 0 Å². The molecule has 33 heavy (non-hydrogen) atoms. The summed E-state index contributed by atoms with van der Waals surface area (Å²) < 4.78 is 2.24. The lowest BCUT2D eigenvalue weighted by Crippen LogP contribution is -2.28. The van der Waals surface area contributed by atoms with Gasteiger partial charge in [-0.15, -0.1) is 10.2 Å². The van der Waals surface area contributed by atoms with Gasteiger partial charge in [0.15, 0.2) is 5.16 Å². The van der Waals surface area contributed by atoms with Gasteiger partial charge in [-0.3, -0.25) is 9.59 Å². The van der Waals surface area contributed by atoms with Crippen molar-refractivity contribution < 1.29 is 9.59 Å². The molecule has 2 N–H and O–H groups in total. The molecule has 2 aliphatic rings. The van der Waals surface area contributed by atoms with E-state index in [1.165, 1.54) is 24.6 Å². The molecular formula is C25H27N5O2S. The molecule has 0 spiro atoms. The normalized spacial score (nSPS) is 16.3. The van der Waals surface area contributed by atoms with E-state index in [2.05, 4.69) is 25.4 Å². The molecule has 1 heterocycles. The molecule has 1 unspecified atom stereocenters. The average molecular weight is 462 g/mol. The number of carbonyl (C=O) groups is 2. The van der Waals surface area contributed by atoms with Gasteiger partial charge in [-0.2, -0.15) is 0 Å². The first kappa shape index (κ1) is 21.7. The van der Waals surface area contributed by atoms with Gasteiger partial charge in [0.05, 0.1) is 23.0 Å². The highest BCUT2D eigenvalue weighted by Gasteiger charge is 2.36. The summed E-state index contributed by atoms with van der Waals surface area (Å²) in [6.45, 7) is 1.94. The number of para-hydroxylation sites is 1. The fourth-order valence-electron chi connectivity index (χ4n) is 3.89. The van der Waals surface area contributed by atoms with Crippen LogP contribution < -0.4 is 10.6 Å². The number of hydrogen-bond acceptors (Lipinski definition) is 5. The quantitative estimate of drug-likeness (QED) is 0.451. The van der Waals surface area contributed by atoms with Crippen molar-refractivity contribution >= 4 is 29.3 Å². The molecule has 0 saturated heterocycles. The Kier molecular flexibility index (Phi) is 6.17. The number of nitrogens with zero attached hydrogens (tertiary/aromatic N) is 3. The lowest BCUT2D eigenvalue weighted by Gasteiger charge is -2.16. The molecule has 5 rings (SSSR count). The van der Waals surface area contributed by atoms with Gasteiger partial charge in [0.1, 0.15) is 5.82 Å². The first-order chi connectivity index (χ1) is 16.1. The minimum absolute atomic E-state index is 0.146. The number of anilines is 1. The van der Waals surface area contributed by atoms with E-state index in [1.54, 1.807) is 18.2 Å². The molecule has 2 aliphatic carbocycles. The van der Waals surface area contributed by atoms with Gasteiger partial charge in [0.2, 0.25) is 5.91 Å². The van der Waals surface area contributed by atoms with E-state index in [9.17, 15) is 9.59 Å². The summed E-state index contributed by atoms with van der Waals surface area (Å²) in [5, 5.41) is 15.5. The van der Waals surface area contributed by atoms with Gasteiger partial charge in [-0.25, -0.2) is 0 Å². The molecule has 2 saturated carbocycles. The number of rotatable bonds is 9. The van der Waals surface area contributed by atoms with Crippen LogP contribution in [0.25, 0.3) is 0 Å². The van der Waals surface area contributed by atoms with Crippen molar-refractivity contribution in [1.29, 1.82) is 0 Å². The van der Waals surface area contributed by atoms with E-state index in [1.807, 2.05) is 43.3 Å². The van der Waals surface area contributed by atoms with Crippen molar-refractivity contribution in [3.05, 3.63) is 71.5 Å². The van der Waals surface area contributed by atoms with Crippen molar-refractivity contribution in [1.82, 2.24) is 20.1 Å². The SMILES string of the molecule is CC(NC(=O)c1ccccc1NC(=O)CSc1nnc(C2CC2)n1C1CC1)c1ccccc1. The van der Waals surface area contributed by atoms with Crippen LogP contribution in [0.1, 0.15) is 72.4 Å². The molecule has 1 aromatic heterocycles. The van der Waals surface area contributed by atoms with E-state index < -0.39 is 0 Å². The molecular weight excluding hydrogens is 434 g/mol. The number of hydrogen-bond donors (Lipinski definition) is 2. The lowest BCUT2D eigenvalue weighted by molar-refractivity contribution is -0.113. The van der Waals surface area contributed by atoms with E-state index in [-0.39, 0.29) is 23.6 Å². The van der Waals surface area contributed by atoms with Gasteiger partial charge in [0.25, 0.3) is 5.91 Å². The van der Waals surface area contributed by atoms with Crippen molar-refractivity contribution in [3.63, 3.8) is 0 Å². The van der Waals surface area contributed by atoms with E-state index in [0.29, 0.717) is 23.2 Å². The Morgan fingerprint density at radius 2 is 1.76 bits per heavy atom. The molecule has 0 radical (unpaired) electrons. The number of benzene rings is 2. The molecule has 7 nitrogen and oxygen atoms in total. The zero-order chi connectivity index (χ0) is 22.8. The molecule has 2 aromatic carbocycles. The fraction of sp³-hybridized carbons (Fsp3) is 0.360. The van der Waals surface area contributed by atoms with Gasteiger partial charge in [-0.05, 0) is 50.3 Å². The van der Waals surface area contributed by atoms with Crippen LogP contribution in [0.15, 0.2) is 59.8 Å². The topological polar surface area (TPSA) is 88.9 Å². The number of amides is 2. The Bertz CT molecular complexity index is 1150. The largest absolute Gasteiger partial charge is 0.345 e. The maximum absolute atomic E-state index is 12.9. The Labute approximate surface area is 197 Å². The highest BCUT2D eigenvalue weighted by molar-refractivity contribution is 7.99. The maximum atomic E-state index is 12.9. The molecule has 8 heteroatoms. The molecule has 170 valence electrons. The van der Waals surface area contributed by atoms with Crippen molar-refractivity contribution in [3.8, 4) is 0 Å². The standard InChI is InChI=1S/C25H27N5O2S/c1-16(17-7-3-2-4-8-17)26-24(32)20-9-5-6-10-21(20)27-22(31)15-33-25-29-28-23(18-11-12-18)30(25)19-13-14-19/h2-10,16,18-19H,11-15H2,1H3,(H,26,32)(H,27,31). The second kappa shape index (κ2) is 9.39. The van der Waals surface area contributed by atoms with Crippen LogP contribution in [-0.2, 0) is 4.79 Å². The lowest BCUT2D eigenvalue weighted by atomic mass is 10.1. The molecule has 1 atom stereocenters. The van der Waals surface area contributed by atoms with Crippen molar-refractivity contribution in [2.75, 3.05) is 11.1 Å². The van der Waals surface area contributed by atoms with Crippen LogP contribution in [0.2, 0.25) is 0 Å². The minimum atomic E-state index is -0.225. The first-order valence-corrected chi connectivity index (χ1v) is 12.4. The first-order valence-electron chi connectivity index (χ1n) is 11.4. The number of thioether (sulfide) groups is 1. The van der Waals surface area contributed by atoms with E-state index in [4.69, 9.17) is 0 Å². The third-order valence-corrected chi connectivity index (χ3v) is 6.91. The number of nitrogens with one attached hydrogen (secondary N) is 2. The van der Waals surface area contributed by atoms with Crippen LogP contribution in [0.4, 0.5) is 5.69 Å². The second-order valence-corrected chi connectivity index (χ2v) is 9.65. The zero-order valence-electron chi connectivity index (χ0n) is 18.5. The number of carbonyl (C=O) groups excluding carboxylic acids is 2. The van der Waals surface area contributed by atoms with Crippen LogP contribution in [0.5, 0.6) is 0 Å². The smallest absolute Gasteiger partial charge is 0.253 e. The van der Waals surface area contributed by atoms with E-state index in [0.717, 1.165) is 29.4 Å². The minimum Gasteiger partial charge on any atom is -0.345 e. The maximum Gasteiger partial charge on any atom is 0.253 e. The third-order valence-electron chi connectivity index (χ3n) is 5.97. The predicted molar refractivity (Wildman–Crippen MR) is 128 cm³/mol. The molecule has 2 fully saturated rings. The Morgan fingerprint density at radius 3 is 2.48 bits per heavy atom.